The number of halogens is 1. The number of hydrogen-bond acceptors (Lipinski definition) is 4. The lowest BCUT2D eigenvalue weighted by molar-refractivity contribution is 0.0977. The summed E-state index contributed by atoms with van der Waals surface area (Å²) in [5.74, 6) is 1.53. The number of nitrogens with zero attached hydrogens (tertiary/aromatic N) is 1. The number of para-hydroxylation sites is 2. The number of aromatic amines is 1. The van der Waals surface area contributed by atoms with Gasteiger partial charge in [-0.25, -0.2) is 4.98 Å². The van der Waals surface area contributed by atoms with Crippen LogP contribution in [-0.2, 0) is 0 Å². The fourth-order valence-electron chi connectivity index (χ4n) is 3.15. The zero-order valence-corrected chi connectivity index (χ0v) is 19.8. The van der Waals surface area contributed by atoms with E-state index in [1.54, 1.807) is 30.3 Å². The summed E-state index contributed by atoms with van der Waals surface area (Å²) in [6.45, 7) is 4.77. The van der Waals surface area contributed by atoms with E-state index in [4.69, 9.17) is 28.6 Å². The Morgan fingerprint density at radius 2 is 1.88 bits per heavy atom. The lowest BCUT2D eigenvalue weighted by Gasteiger charge is -2.12. The van der Waals surface area contributed by atoms with E-state index >= 15 is 0 Å². The van der Waals surface area contributed by atoms with Gasteiger partial charge in [0.05, 0.1) is 28.4 Å². The van der Waals surface area contributed by atoms with E-state index in [9.17, 15) is 4.79 Å². The minimum Gasteiger partial charge on any atom is -0.493 e. The van der Waals surface area contributed by atoms with Crippen molar-refractivity contribution in [2.75, 3.05) is 11.9 Å². The van der Waals surface area contributed by atoms with Gasteiger partial charge in [0.2, 0.25) is 0 Å². The summed E-state index contributed by atoms with van der Waals surface area (Å²) in [5.41, 5.74) is 3.69. The van der Waals surface area contributed by atoms with Crippen LogP contribution in [0, 0.1) is 5.92 Å². The minimum atomic E-state index is -0.326. The molecule has 0 saturated heterocycles. The van der Waals surface area contributed by atoms with Gasteiger partial charge in [0.25, 0.3) is 5.91 Å². The van der Waals surface area contributed by atoms with Crippen molar-refractivity contribution in [1.29, 1.82) is 0 Å². The Labute approximate surface area is 202 Å². The van der Waals surface area contributed by atoms with Crippen LogP contribution < -0.4 is 15.4 Å². The molecule has 4 aromatic rings. The van der Waals surface area contributed by atoms with Gasteiger partial charge in [0, 0.05) is 11.1 Å². The van der Waals surface area contributed by atoms with E-state index in [-0.39, 0.29) is 11.0 Å². The second-order valence-electron chi connectivity index (χ2n) is 7.93. The molecule has 0 aliphatic rings. The first kappa shape index (κ1) is 22.8. The third-order valence-corrected chi connectivity index (χ3v) is 5.34. The molecule has 0 aliphatic heterocycles. The lowest BCUT2D eigenvalue weighted by Crippen LogP contribution is -2.34. The molecule has 4 rings (SSSR count). The SMILES string of the molecule is CC(C)COc1ccc(C(=O)NC(=S)Nc2cc(-c3nc4ccccc4[nH]3)ccc2Cl)cc1. The molecule has 3 N–H and O–H groups in total. The molecule has 168 valence electrons. The van der Waals surface area contributed by atoms with Crippen molar-refractivity contribution in [1.82, 2.24) is 15.3 Å². The Morgan fingerprint density at radius 3 is 2.61 bits per heavy atom. The molecule has 0 spiro atoms. The highest BCUT2D eigenvalue weighted by molar-refractivity contribution is 7.80. The lowest BCUT2D eigenvalue weighted by atomic mass is 10.2. The molecule has 0 unspecified atom stereocenters. The number of thiocarbonyl (C=S) groups is 1. The molecule has 3 aromatic carbocycles. The molecule has 6 nitrogen and oxygen atoms in total. The maximum absolute atomic E-state index is 12.6. The molecule has 1 heterocycles. The van der Waals surface area contributed by atoms with Gasteiger partial charge < -0.3 is 15.0 Å². The van der Waals surface area contributed by atoms with Crippen molar-refractivity contribution in [2.24, 2.45) is 5.92 Å². The van der Waals surface area contributed by atoms with Crippen molar-refractivity contribution >= 4 is 51.6 Å². The summed E-state index contributed by atoms with van der Waals surface area (Å²) in [5, 5.41) is 6.29. The number of fused-ring (bicyclic) bond motifs is 1. The van der Waals surface area contributed by atoms with Crippen LogP contribution in [0.1, 0.15) is 24.2 Å². The Hall–Kier alpha value is -3.42. The fourth-order valence-corrected chi connectivity index (χ4v) is 3.52. The third-order valence-electron chi connectivity index (χ3n) is 4.80. The highest BCUT2D eigenvalue weighted by Gasteiger charge is 2.12. The number of anilines is 1. The molecule has 33 heavy (non-hydrogen) atoms. The highest BCUT2D eigenvalue weighted by Crippen LogP contribution is 2.28. The second kappa shape index (κ2) is 10.0. The van der Waals surface area contributed by atoms with Gasteiger partial charge in [0.15, 0.2) is 5.11 Å². The van der Waals surface area contributed by atoms with Crippen LogP contribution in [-0.4, -0.2) is 27.6 Å². The molecule has 0 saturated carbocycles. The summed E-state index contributed by atoms with van der Waals surface area (Å²) in [6, 6.07) is 20.2. The summed E-state index contributed by atoms with van der Waals surface area (Å²) in [4.78, 5) is 20.5. The van der Waals surface area contributed by atoms with Crippen molar-refractivity contribution in [2.45, 2.75) is 13.8 Å². The zero-order valence-electron chi connectivity index (χ0n) is 18.2. The summed E-state index contributed by atoms with van der Waals surface area (Å²) >= 11 is 11.7. The zero-order chi connectivity index (χ0) is 23.4. The first-order valence-electron chi connectivity index (χ1n) is 10.5. The van der Waals surface area contributed by atoms with Gasteiger partial charge in [-0.15, -0.1) is 0 Å². The predicted octanol–water partition coefficient (Wildman–Crippen LogP) is 6.04. The number of imidazole rings is 1. The van der Waals surface area contributed by atoms with Gasteiger partial charge in [0.1, 0.15) is 11.6 Å². The molecule has 0 radical (unpaired) electrons. The summed E-state index contributed by atoms with van der Waals surface area (Å²) in [7, 11) is 0. The average molecular weight is 479 g/mol. The van der Waals surface area contributed by atoms with Crippen LogP contribution in [0.2, 0.25) is 5.02 Å². The van der Waals surface area contributed by atoms with Gasteiger partial charge in [-0.1, -0.05) is 37.6 Å². The molecule has 0 fully saturated rings. The molecule has 1 aromatic heterocycles. The second-order valence-corrected chi connectivity index (χ2v) is 8.75. The number of hydrogen-bond donors (Lipinski definition) is 3. The number of nitrogens with one attached hydrogen (secondary N) is 3. The van der Waals surface area contributed by atoms with Crippen molar-refractivity contribution in [3.63, 3.8) is 0 Å². The van der Waals surface area contributed by atoms with E-state index in [0.717, 1.165) is 22.3 Å². The largest absolute Gasteiger partial charge is 0.493 e. The standard InChI is InChI=1S/C25H23ClN4O2S/c1-15(2)14-32-18-10-7-16(8-11-18)24(31)30-25(33)29-22-13-17(9-12-19(22)26)23-27-20-5-3-4-6-21(20)28-23/h3-13,15H,14H2,1-2H3,(H,27,28)(H2,29,30,31,33). The Kier molecular flexibility index (Phi) is 6.91. The van der Waals surface area contributed by atoms with Crippen LogP contribution in [0.3, 0.4) is 0 Å². The number of benzene rings is 3. The number of H-pyrrole nitrogens is 1. The molecule has 0 atom stereocenters. The van der Waals surface area contributed by atoms with Crippen LogP contribution in [0.15, 0.2) is 66.7 Å². The van der Waals surface area contributed by atoms with E-state index < -0.39 is 0 Å². The van der Waals surface area contributed by atoms with E-state index in [2.05, 4.69) is 34.4 Å². The van der Waals surface area contributed by atoms with E-state index in [1.807, 2.05) is 36.4 Å². The number of aromatic nitrogens is 2. The Morgan fingerprint density at radius 1 is 1.12 bits per heavy atom. The van der Waals surface area contributed by atoms with Gasteiger partial charge in [-0.3, -0.25) is 10.1 Å². The maximum atomic E-state index is 12.6. The molecular weight excluding hydrogens is 456 g/mol. The number of carbonyl (C=O) groups is 1. The molecule has 0 aliphatic carbocycles. The Balaban J connectivity index is 1.42. The number of ether oxygens (including phenoxy) is 1. The average Bonchev–Trinajstić information content (AvgIpc) is 3.23. The monoisotopic (exact) mass is 478 g/mol. The van der Waals surface area contributed by atoms with E-state index in [0.29, 0.717) is 34.6 Å². The van der Waals surface area contributed by atoms with Crippen molar-refractivity contribution in [3.05, 3.63) is 77.3 Å². The van der Waals surface area contributed by atoms with Crippen LogP contribution in [0.5, 0.6) is 5.75 Å². The van der Waals surface area contributed by atoms with Crippen molar-refractivity contribution in [3.8, 4) is 17.1 Å². The molecule has 1 amide bonds. The quantitative estimate of drug-likeness (QED) is 0.294. The smallest absolute Gasteiger partial charge is 0.257 e. The topological polar surface area (TPSA) is 79.0 Å². The highest BCUT2D eigenvalue weighted by atomic mass is 35.5. The molecule has 8 heteroatoms. The predicted molar refractivity (Wildman–Crippen MR) is 137 cm³/mol. The van der Waals surface area contributed by atoms with Gasteiger partial charge in [-0.05, 0) is 72.7 Å². The summed E-state index contributed by atoms with van der Waals surface area (Å²) < 4.78 is 5.65. The number of amides is 1. The molecular formula is C25H23ClN4O2S. The van der Waals surface area contributed by atoms with Crippen LogP contribution in [0.4, 0.5) is 5.69 Å². The van der Waals surface area contributed by atoms with Crippen LogP contribution >= 0.6 is 23.8 Å². The van der Waals surface area contributed by atoms with Crippen molar-refractivity contribution < 1.29 is 9.53 Å². The first-order chi connectivity index (χ1) is 15.9. The Bertz CT molecular complexity index is 1270. The number of carbonyl (C=O) groups excluding carboxylic acids is 1. The normalized spacial score (nSPS) is 10.9. The van der Waals surface area contributed by atoms with Gasteiger partial charge in [-0.2, -0.15) is 0 Å². The summed E-state index contributed by atoms with van der Waals surface area (Å²) in [6.07, 6.45) is 0. The first-order valence-corrected chi connectivity index (χ1v) is 11.3. The number of rotatable bonds is 6. The van der Waals surface area contributed by atoms with E-state index in [1.165, 1.54) is 0 Å². The molecule has 0 bridgehead atoms. The van der Waals surface area contributed by atoms with Gasteiger partial charge >= 0.3 is 0 Å². The third kappa shape index (κ3) is 5.69. The fraction of sp³-hybridized carbons (Fsp3) is 0.160. The van der Waals surface area contributed by atoms with Crippen LogP contribution in [0.25, 0.3) is 22.4 Å². The maximum Gasteiger partial charge on any atom is 0.257 e. The minimum absolute atomic E-state index is 0.142.